The van der Waals surface area contributed by atoms with Crippen molar-refractivity contribution in [1.29, 1.82) is 0 Å². The molecule has 0 aromatic heterocycles. The Morgan fingerprint density at radius 2 is 1.90 bits per heavy atom. The first kappa shape index (κ1) is 15.4. The number of nitrogens with two attached hydrogens (primary N) is 1. The fourth-order valence-electron chi connectivity index (χ4n) is 2.64. The molecule has 20 heavy (non-hydrogen) atoms. The Morgan fingerprint density at radius 1 is 1.25 bits per heavy atom. The van der Waals surface area contributed by atoms with Crippen LogP contribution in [0.3, 0.4) is 0 Å². The van der Waals surface area contributed by atoms with Crippen LogP contribution in [0.5, 0.6) is 0 Å². The molecule has 0 atom stereocenters. The summed E-state index contributed by atoms with van der Waals surface area (Å²) in [7, 11) is 0. The number of nitrogens with zero attached hydrogens (tertiary/aromatic N) is 2. The lowest BCUT2D eigenvalue weighted by Gasteiger charge is -2.34. The summed E-state index contributed by atoms with van der Waals surface area (Å²) in [5, 5.41) is 0. The minimum Gasteiger partial charge on any atom is -0.389 e. The van der Waals surface area contributed by atoms with Crippen LogP contribution >= 0.6 is 12.2 Å². The lowest BCUT2D eigenvalue weighted by atomic mass is 10.1. The number of piperazine rings is 1. The highest BCUT2D eigenvalue weighted by atomic mass is 32.1. The first-order chi connectivity index (χ1) is 9.60. The van der Waals surface area contributed by atoms with Gasteiger partial charge >= 0.3 is 0 Å². The molecule has 1 saturated heterocycles. The summed E-state index contributed by atoms with van der Waals surface area (Å²) in [4.78, 5) is 5.13. The molecular formula is C15H22FN3S. The average Bonchev–Trinajstić information content (AvgIpc) is 2.43. The summed E-state index contributed by atoms with van der Waals surface area (Å²) in [6, 6.07) is 4.71. The summed E-state index contributed by atoms with van der Waals surface area (Å²) in [6.07, 6.45) is 1.20. The zero-order chi connectivity index (χ0) is 14.5. The Hall–Kier alpha value is -1.04. The van der Waals surface area contributed by atoms with E-state index in [1.807, 2.05) is 0 Å². The second-order valence-corrected chi connectivity index (χ2v) is 5.72. The van der Waals surface area contributed by atoms with Crippen molar-refractivity contribution in [2.45, 2.75) is 19.9 Å². The van der Waals surface area contributed by atoms with Crippen molar-refractivity contribution >= 4 is 17.2 Å². The van der Waals surface area contributed by atoms with Gasteiger partial charge in [0.15, 0.2) is 0 Å². The number of hydrogen-bond donors (Lipinski definition) is 1. The molecule has 1 aromatic rings. The van der Waals surface area contributed by atoms with E-state index in [9.17, 15) is 4.39 Å². The Labute approximate surface area is 125 Å². The Kier molecular flexibility index (Phi) is 5.46. The molecule has 1 heterocycles. The second-order valence-electron chi connectivity index (χ2n) is 5.28. The number of rotatable bonds is 5. The van der Waals surface area contributed by atoms with Crippen molar-refractivity contribution in [1.82, 2.24) is 9.80 Å². The van der Waals surface area contributed by atoms with Gasteiger partial charge in [0.05, 0.1) is 0 Å². The molecule has 0 unspecified atom stereocenters. The lowest BCUT2D eigenvalue weighted by molar-refractivity contribution is 0.127. The SMILES string of the molecule is CCCN1CCN(Cc2ccc(F)cc2C(N)=S)CC1. The van der Waals surface area contributed by atoms with Crippen LogP contribution in [-0.4, -0.2) is 47.5 Å². The first-order valence-corrected chi connectivity index (χ1v) is 7.54. The fraction of sp³-hybridized carbons (Fsp3) is 0.533. The third-order valence-corrected chi connectivity index (χ3v) is 3.96. The summed E-state index contributed by atoms with van der Waals surface area (Å²) >= 11 is 5.01. The molecule has 0 amide bonds. The summed E-state index contributed by atoms with van der Waals surface area (Å²) < 4.78 is 13.3. The highest BCUT2D eigenvalue weighted by Gasteiger charge is 2.17. The van der Waals surface area contributed by atoms with E-state index >= 15 is 0 Å². The molecule has 5 heteroatoms. The molecule has 0 bridgehead atoms. The van der Waals surface area contributed by atoms with Gasteiger partial charge in [-0.1, -0.05) is 25.2 Å². The monoisotopic (exact) mass is 295 g/mol. The topological polar surface area (TPSA) is 32.5 Å². The van der Waals surface area contributed by atoms with Gasteiger partial charge < -0.3 is 10.6 Å². The van der Waals surface area contributed by atoms with E-state index in [-0.39, 0.29) is 10.8 Å². The minimum absolute atomic E-state index is 0.268. The maximum Gasteiger partial charge on any atom is 0.123 e. The molecule has 0 spiro atoms. The van der Waals surface area contributed by atoms with Gasteiger partial charge in [-0.3, -0.25) is 4.90 Å². The predicted octanol–water partition coefficient (Wildman–Crippen LogP) is 1.99. The Bertz CT molecular complexity index is 470. The van der Waals surface area contributed by atoms with Crippen LogP contribution in [0.15, 0.2) is 18.2 Å². The van der Waals surface area contributed by atoms with Crippen LogP contribution in [0.1, 0.15) is 24.5 Å². The molecule has 2 rings (SSSR count). The van der Waals surface area contributed by atoms with Crippen LogP contribution in [0.25, 0.3) is 0 Å². The molecule has 0 radical (unpaired) electrons. The van der Waals surface area contributed by atoms with Gasteiger partial charge in [-0.25, -0.2) is 4.39 Å². The third kappa shape index (κ3) is 3.98. The van der Waals surface area contributed by atoms with Gasteiger partial charge in [0, 0.05) is 38.3 Å². The maximum absolute atomic E-state index is 13.3. The maximum atomic E-state index is 13.3. The number of halogens is 1. The molecule has 0 aliphatic carbocycles. The van der Waals surface area contributed by atoms with Crippen LogP contribution in [0.4, 0.5) is 4.39 Å². The van der Waals surface area contributed by atoms with Crippen molar-refractivity contribution in [2.24, 2.45) is 5.73 Å². The normalized spacial score (nSPS) is 17.3. The molecule has 2 N–H and O–H groups in total. The van der Waals surface area contributed by atoms with Crippen molar-refractivity contribution in [3.8, 4) is 0 Å². The number of benzene rings is 1. The standard InChI is InChI=1S/C15H22FN3S/c1-2-5-18-6-8-19(9-7-18)11-12-3-4-13(16)10-14(12)15(17)20/h3-4,10H,2,5-9,11H2,1H3,(H2,17,20). The fourth-order valence-corrected chi connectivity index (χ4v) is 2.83. The van der Waals surface area contributed by atoms with Crippen molar-refractivity contribution in [3.63, 3.8) is 0 Å². The van der Waals surface area contributed by atoms with Gasteiger partial charge in [0.1, 0.15) is 10.8 Å². The molecule has 1 aliphatic heterocycles. The van der Waals surface area contributed by atoms with Crippen LogP contribution in [0.2, 0.25) is 0 Å². The van der Waals surface area contributed by atoms with E-state index in [2.05, 4.69) is 16.7 Å². The van der Waals surface area contributed by atoms with Crippen LogP contribution < -0.4 is 5.73 Å². The van der Waals surface area contributed by atoms with Crippen molar-refractivity contribution < 1.29 is 4.39 Å². The van der Waals surface area contributed by atoms with Gasteiger partial charge in [0.25, 0.3) is 0 Å². The van der Waals surface area contributed by atoms with E-state index < -0.39 is 0 Å². The highest BCUT2D eigenvalue weighted by molar-refractivity contribution is 7.80. The number of thiocarbonyl (C=S) groups is 1. The predicted molar refractivity (Wildman–Crippen MR) is 84.3 cm³/mol. The van der Waals surface area contributed by atoms with Gasteiger partial charge in [-0.05, 0) is 30.7 Å². The molecule has 1 aliphatic rings. The number of hydrogen-bond acceptors (Lipinski definition) is 3. The van der Waals surface area contributed by atoms with E-state index in [4.69, 9.17) is 18.0 Å². The Morgan fingerprint density at radius 3 is 2.50 bits per heavy atom. The van der Waals surface area contributed by atoms with E-state index in [0.717, 1.165) is 38.3 Å². The van der Waals surface area contributed by atoms with E-state index in [0.29, 0.717) is 5.56 Å². The van der Waals surface area contributed by atoms with Crippen LogP contribution in [0, 0.1) is 5.82 Å². The van der Waals surface area contributed by atoms with E-state index in [1.54, 1.807) is 6.07 Å². The largest absolute Gasteiger partial charge is 0.389 e. The van der Waals surface area contributed by atoms with Crippen molar-refractivity contribution in [3.05, 3.63) is 35.1 Å². The average molecular weight is 295 g/mol. The zero-order valence-corrected chi connectivity index (χ0v) is 12.8. The smallest absolute Gasteiger partial charge is 0.123 e. The molecule has 0 saturated carbocycles. The molecular weight excluding hydrogens is 273 g/mol. The van der Waals surface area contributed by atoms with E-state index in [1.165, 1.54) is 25.1 Å². The second kappa shape index (κ2) is 7.11. The quantitative estimate of drug-likeness (QED) is 0.842. The van der Waals surface area contributed by atoms with Gasteiger partial charge in [-0.2, -0.15) is 0 Å². The van der Waals surface area contributed by atoms with Gasteiger partial charge in [0.2, 0.25) is 0 Å². The summed E-state index contributed by atoms with van der Waals surface area (Å²) in [5.41, 5.74) is 7.37. The molecule has 3 nitrogen and oxygen atoms in total. The molecule has 110 valence electrons. The highest BCUT2D eigenvalue weighted by Crippen LogP contribution is 2.15. The van der Waals surface area contributed by atoms with Gasteiger partial charge in [-0.15, -0.1) is 0 Å². The summed E-state index contributed by atoms with van der Waals surface area (Å²) in [6.45, 7) is 8.42. The first-order valence-electron chi connectivity index (χ1n) is 7.13. The lowest BCUT2D eigenvalue weighted by Crippen LogP contribution is -2.46. The Balaban J connectivity index is 1.99. The minimum atomic E-state index is -0.288. The zero-order valence-electron chi connectivity index (χ0n) is 11.9. The molecule has 1 aromatic carbocycles. The van der Waals surface area contributed by atoms with Crippen LogP contribution in [-0.2, 0) is 6.54 Å². The van der Waals surface area contributed by atoms with Crippen molar-refractivity contribution in [2.75, 3.05) is 32.7 Å². The summed E-state index contributed by atoms with van der Waals surface area (Å²) in [5.74, 6) is -0.288. The third-order valence-electron chi connectivity index (χ3n) is 3.74. The molecule has 1 fully saturated rings.